The Morgan fingerprint density at radius 3 is 2.68 bits per heavy atom. The Labute approximate surface area is 113 Å². The van der Waals surface area contributed by atoms with Crippen molar-refractivity contribution < 1.29 is 19.0 Å². The summed E-state index contributed by atoms with van der Waals surface area (Å²) in [5.41, 5.74) is 1.04. The molecule has 0 aromatic heterocycles. The predicted molar refractivity (Wildman–Crippen MR) is 72.1 cm³/mol. The first-order chi connectivity index (χ1) is 9.00. The predicted octanol–water partition coefficient (Wildman–Crippen LogP) is 3.97. The molecular weight excluding hydrogens is 247 g/mol. The van der Waals surface area contributed by atoms with Crippen molar-refractivity contribution in [2.45, 2.75) is 45.4 Å². The smallest absolute Gasteiger partial charge is 0.303 e. The summed E-state index contributed by atoms with van der Waals surface area (Å²) >= 11 is 0. The highest BCUT2D eigenvalue weighted by molar-refractivity contribution is 5.66. The highest BCUT2D eigenvalue weighted by atomic mass is 19.1. The van der Waals surface area contributed by atoms with E-state index in [1.54, 1.807) is 12.1 Å². The molecule has 0 unspecified atom stereocenters. The normalized spacial score (nSPS) is 10.7. The minimum atomic E-state index is -0.781. The average molecular weight is 268 g/mol. The largest absolute Gasteiger partial charge is 0.491 e. The van der Waals surface area contributed by atoms with Crippen molar-refractivity contribution in [3.8, 4) is 5.75 Å². The van der Waals surface area contributed by atoms with Gasteiger partial charge in [-0.15, -0.1) is 0 Å². The Hall–Kier alpha value is -1.58. The second-order valence-corrected chi connectivity index (χ2v) is 4.90. The highest BCUT2D eigenvalue weighted by Gasteiger charge is 2.07. The van der Waals surface area contributed by atoms with Crippen LogP contribution in [0.25, 0.3) is 0 Å². The van der Waals surface area contributed by atoms with Crippen LogP contribution in [0.1, 0.15) is 51.0 Å². The van der Waals surface area contributed by atoms with Gasteiger partial charge in [0.05, 0.1) is 6.61 Å². The molecule has 0 aliphatic carbocycles. The summed E-state index contributed by atoms with van der Waals surface area (Å²) < 4.78 is 18.9. The molecule has 0 aliphatic heterocycles. The van der Waals surface area contributed by atoms with E-state index >= 15 is 0 Å². The van der Waals surface area contributed by atoms with Crippen molar-refractivity contribution in [1.29, 1.82) is 0 Å². The van der Waals surface area contributed by atoms with E-state index in [2.05, 4.69) is 0 Å². The fourth-order valence-electron chi connectivity index (χ4n) is 1.73. The molecule has 1 rings (SSSR count). The molecule has 106 valence electrons. The van der Waals surface area contributed by atoms with Gasteiger partial charge in [-0.25, -0.2) is 4.39 Å². The van der Waals surface area contributed by atoms with Gasteiger partial charge in [-0.1, -0.05) is 19.9 Å². The summed E-state index contributed by atoms with van der Waals surface area (Å²) in [5, 5.41) is 8.49. The van der Waals surface area contributed by atoms with E-state index < -0.39 is 5.97 Å². The minimum absolute atomic E-state index is 0.178. The van der Waals surface area contributed by atoms with E-state index in [0.29, 0.717) is 18.9 Å². The van der Waals surface area contributed by atoms with E-state index in [0.717, 1.165) is 18.4 Å². The fourth-order valence-corrected chi connectivity index (χ4v) is 1.73. The lowest BCUT2D eigenvalue weighted by atomic mass is 10.0. The van der Waals surface area contributed by atoms with Crippen molar-refractivity contribution in [1.82, 2.24) is 0 Å². The second-order valence-electron chi connectivity index (χ2n) is 4.90. The molecule has 19 heavy (non-hydrogen) atoms. The molecule has 0 saturated heterocycles. The number of halogens is 1. The van der Waals surface area contributed by atoms with Crippen LogP contribution in [0, 0.1) is 5.82 Å². The van der Waals surface area contributed by atoms with E-state index in [9.17, 15) is 9.18 Å². The maximum absolute atomic E-state index is 13.5. The van der Waals surface area contributed by atoms with Crippen LogP contribution >= 0.6 is 0 Å². The highest BCUT2D eigenvalue weighted by Crippen LogP contribution is 2.23. The number of hydrogen-bond acceptors (Lipinski definition) is 2. The third-order valence-electron chi connectivity index (χ3n) is 2.91. The number of hydrogen-bond donors (Lipinski definition) is 1. The van der Waals surface area contributed by atoms with Gasteiger partial charge in [-0.2, -0.15) is 0 Å². The molecule has 0 amide bonds. The molecule has 1 N–H and O–H groups in total. The monoisotopic (exact) mass is 268 g/mol. The molecule has 1 aromatic rings. The lowest BCUT2D eigenvalue weighted by Gasteiger charge is -2.11. The Morgan fingerprint density at radius 2 is 2.05 bits per heavy atom. The number of rotatable bonds is 8. The summed E-state index contributed by atoms with van der Waals surface area (Å²) in [4.78, 5) is 10.3. The van der Waals surface area contributed by atoms with Crippen molar-refractivity contribution in [2.24, 2.45) is 0 Å². The summed E-state index contributed by atoms with van der Waals surface area (Å²) in [5.74, 6) is -0.519. The Bertz CT molecular complexity index is 416. The van der Waals surface area contributed by atoms with Crippen LogP contribution in [0.5, 0.6) is 5.75 Å². The molecular formula is C15H21FO3. The van der Waals surface area contributed by atoms with Gasteiger partial charge in [-0.3, -0.25) is 4.79 Å². The van der Waals surface area contributed by atoms with Crippen LogP contribution in [0.4, 0.5) is 4.39 Å². The molecule has 0 spiro atoms. The first-order valence-corrected chi connectivity index (χ1v) is 6.64. The molecule has 0 aliphatic rings. The van der Waals surface area contributed by atoms with Gasteiger partial charge < -0.3 is 9.84 Å². The zero-order valence-corrected chi connectivity index (χ0v) is 11.5. The van der Waals surface area contributed by atoms with Crippen LogP contribution in [-0.4, -0.2) is 17.7 Å². The molecule has 0 atom stereocenters. The number of benzene rings is 1. The Kier molecular flexibility index (Phi) is 6.33. The number of ether oxygens (including phenoxy) is 1. The van der Waals surface area contributed by atoms with Crippen LogP contribution in [-0.2, 0) is 4.79 Å². The van der Waals surface area contributed by atoms with E-state index in [4.69, 9.17) is 9.84 Å². The third-order valence-corrected chi connectivity index (χ3v) is 2.91. The number of carbonyl (C=O) groups is 1. The van der Waals surface area contributed by atoms with Gasteiger partial charge in [0, 0.05) is 6.42 Å². The Balaban J connectivity index is 2.36. The lowest BCUT2D eigenvalue weighted by molar-refractivity contribution is -0.137. The molecule has 4 heteroatoms. The standard InChI is InChI=1S/C15H21FO3/c1-11(2)12-7-8-13(16)14(10-12)19-9-5-3-4-6-15(17)18/h7-8,10-11H,3-6,9H2,1-2H3,(H,17,18). The van der Waals surface area contributed by atoms with E-state index in [1.165, 1.54) is 6.07 Å². The minimum Gasteiger partial charge on any atom is -0.491 e. The molecule has 0 heterocycles. The quantitative estimate of drug-likeness (QED) is 0.725. The van der Waals surface area contributed by atoms with Crippen molar-refractivity contribution >= 4 is 5.97 Å². The summed E-state index contributed by atoms with van der Waals surface area (Å²) in [6, 6.07) is 4.92. The summed E-state index contributed by atoms with van der Waals surface area (Å²) in [7, 11) is 0. The van der Waals surface area contributed by atoms with Gasteiger partial charge in [-0.05, 0) is 42.9 Å². The van der Waals surface area contributed by atoms with E-state index in [1.807, 2.05) is 13.8 Å². The SMILES string of the molecule is CC(C)c1ccc(F)c(OCCCCCC(=O)O)c1. The van der Waals surface area contributed by atoms with Gasteiger partial charge >= 0.3 is 5.97 Å². The van der Waals surface area contributed by atoms with Gasteiger partial charge in [0.15, 0.2) is 11.6 Å². The summed E-state index contributed by atoms with van der Waals surface area (Å²) in [6.45, 7) is 4.50. The van der Waals surface area contributed by atoms with Crippen LogP contribution < -0.4 is 4.74 Å². The first-order valence-electron chi connectivity index (χ1n) is 6.64. The fraction of sp³-hybridized carbons (Fsp3) is 0.533. The number of carboxylic acid groups (broad SMARTS) is 1. The topological polar surface area (TPSA) is 46.5 Å². The van der Waals surface area contributed by atoms with Gasteiger partial charge in [0.2, 0.25) is 0 Å². The second kappa shape index (κ2) is 7.77. The first kappa shape index (κ1) is 15.5. The van der Waals surface area contributed by atoms with Crippen LogP contribution in [0.2, 0.25) is 0 Å². The molecule has 3 nitrogen and oxygen atoms in total. The molecule has 0 bridgehead atoms. The van der Waals surface area contributed by atoms with Gasteiger partial charge in [0.25, 0.3) is 0 Å². The maximum Gasteiger partial charge on any atom is 0.303 e. The molecule has 1 aromatic carbocycles. The average Bonchev–Trinajstić information content (AvgIpc) is 2.34. The zero-order valence-electron chi connectivity index (χ0n) is 11.5. The lowest BCUT2D eigenvalue weighted by Crippen LogP contribution is -2.01. The van der Waals surface area contributed by atoms with Crippen LogP contribution in [0.3, 0.4) is 0 Å². The number of aliphatic carboxylic acids is 1. The van der Waals surface area contributed by atoms with E-state index in [-0.39, 0.29) is 18.0 Å². The van der Waals surface area contributed by atoms with Crippen molar-refractivity contribution in [3.05, 3.63) is 29.6 Å². The zero-order chi connectivity index (χ0) is 14.3. The number of unbranched alkanes of at least 4 members (excludes halogenated alkanes) is 2. The number of carboxylic acids is 1. The van der Waals surface area contributed by atoms with Crippen LogP contribution in [0.15, 0.2) is 18.2 Å². The summed E-state index contributed by atoms with van der Waals surface area (Å²) in [6.07, 6.45) is 2.32. The van der Waals surface area contributed by atoms with Gasteiger partial charge in [0.1, 0.15) is 0 Å². The van der Waals surface area contributed by atoms with Crippen molar-refractivity contribution in [2.75, 3.05) is 6.61 Å². The molecule has 0 radical (unpaired) electrons. The molecule has 0 saturated carbocycles. The van der Waals surface area contributed by atoms with Crippen molar-refractivity contribution in [3.63, 3.8) is 0 Å². The maximum atomic E-state index is 13.5. The Morgan fingerprint density at radius 1 is 1.32 bits per heavy atom. The molecule has 0 fully saturated rings. The third kappa shape index (κ3) is 5.73.